The molecule has 0 radical (unpaired) electrons. The maximum absolute atomic E-state index is 14.7. The van der Waals surface area contributed by atoms with Gasteiger partial charge in [-0.1, -0.05) is 44.7 Å². The lowest BCUT2D eigenvalue weighted by Gasteiger charge is -2.09. The van der Waals surface area contributed by atoms with Gasteiger partial charge in [0.25, 0.3) is 0 Å². The van der Waals surface area contributed by atoms with Crippen LogP contribution in [0.4, 0.5) is 13.2 Å². The molecule has 0 saturated carbocycles. The predicted molar refractivity (Wildman–Crippen MR) is 114 cm³/mol. The summed E-state index contributed by atoms with van der Waals surface area (Å²) in [6.45, 7) is 5.35. The van der Waals surface area contributed by atoms with Crippen molar-refractivity contribution in [3.05, 3.63) is 64.5 Å². The number of hydrogen-bond acceptors (Lipinski definition) is 3. The molecule has 0 unspecified atom stereocenters. The Morgan fingerprint density at radius 2 is 1.87 bits per heavy atom. The number of unbranched alkanes of at least 4 members (excludes halogenated alkanes) is 4. The Labute approximate surface area is 175 Å². The summed E-state index contributed by atoms with van der Waals surface area (Å²) in [4.78, 5) is 12.3. The van der Waals surface area contributed by atoms with Gasteiger partial charge < -0.3 is 9.15 Å². The minimum atomic E-state index is -0.930. The van der Waals surface area contributed by atoms with Crippen molar-refractivity contribution >= 4 is 10.8 Å². The van der Waals surface area contributed by atoms with Crippen LogP contribution in [0.15, 0.2) is 51.7 Å². The van der Waals surface area contributed by atoms with Gasteiger partial charge in [0.15, 0.2) is 11.6 Å². The number of halogens is 3. The van der Waals surface area contributed by atoms with Gasteiger partial charge in [0.2, 0.25) is 0 Å². The molecule has 6 heteroatoms. The maximum atomic E-state index is 14.7. The summed E-state index contributed by atoms with van der Waals surface area (Å²) in [6, 6.07) is 4.63. The van der Waals surface area contributed by atoms with Crippen LogP contribution >= 0.6 is 0 Å². The summed E-state index contributed by atoms with van der Waals surface area (Å²) in [5.74, 6) is -2.31. The van der Waals surface area contributed by atoms with E-state index in [4.69, 9.17) is 9.15 Å². The van der Waals surface area contributed by atoms with E-state index in [1.807, 2.05) is 0 Å². The number of hydrogen-bond donors (Lipinski definition) is 0. The normalized spacial score (nSPS) is 12.1. The number of rotatable bonds is 13. The molecule has 2 rings (SSSR count). The Balaban J connectivity index is 2.05. The smallest absolute Gasteiger partial charge is 0.346 e. The molecule has 0 spiro atoms. The predicted octanol–water partition coefficient (Wildman–Crippen LogP) is 7.33. The van der Waals surface area contributed by atoms with Crippen LogP contribution in [0.5, 0.6) is 5.75 Å². The summed E-state index contributed by atoms with van der Waals surface area (Å²) >= 11 is 0. The van der Waals surface area contributed by atoms with E-state index in [1.165, 1.54) is 18.6 Å². The summed E-state index contributed by atoms with van der Waals surface area (Å²) in [7, 11) is 0. The average Bonchev–Trinajstić information content (AvgIpc) is 2.73. The van der Waals surface area contributed by atoms with Gasteiger partial charge in [0.1, 0.15) is 22.8 Å². The second-order valence-electron chi connectivity index (χ2n) is 7.24. The van der Waals surface area contributed by atoms with Gasteiger partial charge in [-0.15, -0.1) is 6.58 Å². The molecule has 1 aromatic heterocycles. The van der Waals surface area contributed by atoms with Crippen molar-refractivity contribution in [2.24, 2.45) is 0 Å². The number of ether oxygens (including phenoxy) is 1. The van der Waals surface area contributed by atoms with Gasteiger partial charge in [-0.25, -0.2) is 18.0 Å². The number of allylic oxidation sites excluding steroid dienone is 2. The molecule has 1 aromatic carbocycles. The fourth-order valence-electron chi connectivity index (χ4n) is 3.16. The van der Waals surface area contributed by atoms with E-state index in [0.29, 0.717) is 24.0 Å². The third-order valence-corrected chi connectivity index (χ3v) is 4.85. The van der Waals surface area contributed by atoms with E-state index in [2.05, 4.69) is 13.5 Å². The topological polar surface area (TPSA) is 39.4 Å². The Bertz CT molecular complexity index is 931. The average molecular weight is 422 g/mol. The molecule has 0 aliphatic rings. The lowest BCUT2D eigenvalue weighted by molar-refractivity contribution is 0.292. The lowest BCUT2D eigenvalue weighted by atomic mass is 10.1. The monoisotopic (exact) mass is 422 g/mol. The van der Waals surface area contributed by atoms with E-state index in [1.54, 1.807) is 12.1 Å². The largest absolute Gasteiger partial charge is 0.490 e. The molecule has 0 aliphatic carbocycles. The second-order valence-corrected chi connectivity index (χ2v) is 7.24. The van der Waals surface area contributed by atoms with Gasteiger partial charge in [0, 0.05) is 19.3 Å². The molecule has 30 heavy (non-hydrogen) atoms. The zero-order chi connectivity index (χ0) is 21.9. The molecular weight excluding hydrogens is 393 g/mol. The van der Waals surface area contributed by atoms with Crippen LogP contribution in [0.3, 0.4) is 0 Å². The van der Waals surface area contributed by atoms with Crippen LogP contribution in [0.2, 0.25) is 0 Å². The van der Waals surface area contributed by atoms with E-state index in [0.717, 1.165) is 25.7 Å². The fourth-order valence-corrected chi connectivity index (χ4v) is 3.16. The number of fused-ring (bicyclic) bond motifs is 1. The summed E-state index contributed by atoms with van der Waals surface area (Å²) in [5, 5.41) is 0.233. The van der Waals surface area contributed by atoms with Crippen molar-refractivity contribution < 1.29 is 22.3 Å². The van der Waals surface area contributed by atoms with Gasteiger partial charge in [-0.2, -0.15) is 0 Å². The second kappa shape index (κ2) is 12.3. The van der Waals surface area contributed by atoms with Gasteiger partial charge in [0.05, 0.1) is 6.61 Å². The van der Waals surface area contributed by atoms with Crippen LogP contribution in [0, 0.1) is 5.82 Å². The molecule has 0 N–H and O–H groups in total. The van der Waals surface area contributed by atoms with Crippen LogP contribution < -0.4 is 10.4 Å². The molecule has 1 heterocycles. The Morgan fingerprint density at radius 1 is 1.13 bits per heavy atom. The minimum Gasteiger partial charge on any atom is -0.490 e. The number of aryl methyl sites for hydroxylation is 1. The zero-order valence-electron chi connectivity index (χ0n) is 17.4. The van der Waals surface area contributed by atoms with Crippen LogP contribution in [-0.4, -0.2) is 6.61 Å². The van der Waals surface area contributed by atoms with Gasteiger partial charge in [-0.3, -0.25) is 0 Å². The molecule has 0 saturated heterocycles. The highest BCUT2D eigenvalue weighted by Gasteiger charge is 2.15. The first-order valence-electron chi connectivity index (χ1n) is 10.5. The first kappa shape index (κ1) is 23.8. The van der Waals surface area contributed by atoms with E-state index in [-0.39, 0.29) is 30.6 Å². The summed E-state index contributed by atoms with van der Waals surface area (Å²) < 4.78 is 52.4. The Morgan fingerprint density at radius 3 is 2.60 bits per heavy atom. The van der Waals surface area contributed by atoms with Crippen molar-refractivity contribution in [2.45, 2.75) is 64.7 Å². The zero-order valence-corrected chi connectivity index (χ0v) is 17.4. The van der Waals surface area contributed by atoms with Crippen molar-refractivity contribution in [3.63, 3.8) is 0 Å². The molecule has 0 bridgehead atoms. The molecule has 0 amide bonds. The van der Waals surface area contributed by atoms with E-state index >= 15 is 0 Å². The fraction of sp³-hybridized carbons (Fsp3) is 0.458. The molecular formula is C24H29F3O3. The first-order chi connectivity index (χ1) is 14.5. The first-order valence-corrected chi connectivity index (χ1v) is 10.5. The maximum Gasteiger partial charge on any atom is 0.346 e. The highest BCUT2D eigenvalue weighted by atomic mass is 19.2. The van der Waals surface area contributed by atoms with Crippen LogP contribution in [0.1, 0.15) is 64.1 Å². The molecule has 164 valence electrons. The minimum absolute atomic E-state index is 0.0678. The quantitative estimate of drug-likeness (QED) is 0.251. The van der Waals surface area contributed by atoms with Crippen molar-refractivity contribution in [3.8, 4) is 5.75 Å². The Kier molecular flexibility index (Phi) is 9.71. The van der Waals surface area contributed by atoms with Crippen LogP contribution in [0.25, 0.3) is 10.8 Å². The van der Waals surface area contributed by atoms with Gasteiger partial charge >= 0.3 is 5.63 Å². The lowest BCUT2D eigenvalue weighted by Crippen LogP contribution is -2.07. The van der Waals surface area contributed by atoms with Crippen molar-refractivity contribution in [2.75, 3.05) is 6.61 Å². The molecule has 0 aliphatic heterocycles. The molecule has 0 fully saturated rings. The SMILES string of the molecule is C=CCC/C(F)=C(\F)CCOc1ccc2cc(CCCCCCC)oc(=O)c2c1F. The van der Waals surface area contributed by atoms with Crippen molar-refractivity contribution in [1.82, 2.24) is 0 Å². The molecule has 0 atom stereocenters. The van der Waals surface area contributed by atoms with Gasteiger partial charge in [-0.05, 0) is 30.4 Å². The van der Waals surface area contributed by atoms with E-state index < -0.39 is 23.1 Å². The van der Waals surface area contributed by atoms with Crippen molar-refractivity contribution in [1.29, 1.82) is 0 Å². The third-order valence-electron chi connectivity index (χ3n) is 4.85. The highest BCUT2D eigenvalue weighted by molar-refractivity contribution is 5.83. The standard InChI is InChI=1S/C24H29F3O3/c1-3-5-7-8-9-10-18-16-17-12-13-21(23(27)22(17)24(28)30-18)29-15-14-20(26)19(25)11-6-4-2/h4,12-13,16H,2-3,5-11,14-15H2,1H3/b20-19+. The van der Waals surface area contributed by atoms with E-state index in [9.17, 15) is 18.0 Å². The Hall–Kier alpha value is -2.50. The summed E-state index contributed by atoms with van der Waals surface area (Å²) in [5.41, 5.74) is -0.763. The van der Waals surface area contributed by atoms with Crippen LogP contribution in [-0.2, 0) is 6.42 Å². The third kappa shape index (κ3) is 6.78. The summed E-state index contributed by atoms with van der Waals surface area (Å²) in [6.07, 6.45) is 7.48. The highest BCUT2D eigenvalue weighted by Crippen LogP contribution is 2.26. The number of benzene rings is 1. The molecule has 3 nitrogen and oxygen atoms in total. The molecule has 2 aromatic rings.